The Labute approximate surface area is 93.6 Å². The van der Waals surface area contributed by atoms with Gasteiger partial charge in [0.05, 0.1) is 6.10 Å². The molecule has 1 aromatic carbocycles. The highest BCUT2D eigenvalue weighted by molar-refractivity contribution is 7.17. The molecular formula is C12H15NOS. The van der Waals surface area contributed by atoms with Crippen LogP contribution in [0, 0.1) is 0 Å². The lowest BCUT2D eigenvalue weighted by Gasteiger charge is -2.05. The molecule has 0 bridgehead atoms. The minimum atomic E-state index is -0.283. The first-order chi connectivity index (χ1) is 7.27. The zero-order valence-corrected chi connectivity index (χ0v) is 9.55. The van der Waals surface area contributed by atoms with Crippen molar-refractivity contribution >= 4 is 21.4 Å². The molecule has 15 heavy (non-hydrogen) atoms. The molecule has 0 aliphatic carbocycles. The highest BCUT2D eigenvalue weighted by Gasteiger charge is 2.02. The largest absolute Gasteiger partial charge is 0.392 e. The standard InChI is InChI=1S/C12H15NOS/c1-9(14)6-13-7-10-8-15-12-5-3-2-4-11(10)12/h2-5,8-9,13-14H,6-7H2,1H3/t9-/m1/s1. The second kappa shape index (κ2) is 4.75. The van der Waals surface area contributed by atoms with Crippen molar-refractivity contribution in [2.45, 2.75) is 19.6 Å². The van der Waals surface area contributed by atoms with Gasteiger partial charge in [-0.15, -0.1) is 11.3 Å². The van der Waals surface area contributed by atoms with Gasteiger partial charge in [-0.05, 0) is 29.3 Å². The van der Waals surface area contributed by atoms with Crippen molar-refractivity contribution < 1.29 is 5.11 Å². The van der Waals surface area contributed by atoms with Gasteiger partial charge in [0, 0.05) is 17.8 Å². The van der Waals surface area contributed by atoms with E-state index in [1.165, 1.54) is 15.6 Å². The molecule has 0 aliphatic rings. The van der Waals surface area contributed by atoms with Crippen LogP contribution in [-0.4, -0.2) is 17.8 Å². The van der Waals surface area contributed by atoms with E-state index in [4.69, 9.17) is 5.11 Å². The average Bonchev–Trinajstić information content (AvgIpc) is 2.62. The van der Waals surface area contributed by atoms with Gasteiger partial charge in [-0.25, -0.2) is 0 Å². The highest BCUT2D eigenvalue weighted by atomic mass is 32.1. The van der Waals surface area contributed by atoms with Gasteiger partial charge in [0.15, 0.2) is 0 Å². The van der Waals surface area contributed by atoms with E-state index >= 15 is 0 Å². The van der Waals surface area contributed by atoms with Gasteiger partial charge in [0.1, 0.15) is 0 Å². The third kappa shape index (κ3) is 2.56. The molecule has 0 radical (unpaired) electrons. The Morgan fingerprint density at radius 2 is 2.20 bits per heavy atom. The van der Waals surface area contributed by atoms with Crippen molar-refractivity contribution in [1.82, 2.24) is 5.32 Å². The van der Waals surface area contributed by atoms with Crippen LogP contribution >= 0.6 is 11.3 Å². The monoisotopic (exact) mass is 221 g/mol. The fraction of sp³-hybridized carbons (Fsp3) is 0.333. The van der Waals surface area contributed by atoms with Crippen molar-refractivity contribution in [3.63, 3.8) is 0 Å². The number of rotatable bonds is 4. The Morgan fingerprint density at radius 1 is 1.40 bits per heavy atom. The Hall–Kier alpha value is -0.900. The number of aliphatic hydroxyl groups excluding tert-OH is 1. The van der Waals surface area contributed by atoms with Gasteiger partial charge in [-0.2, -0.15) is 0 Å². The molecule has 2 nitrogen and oxygen atoms in total. The SMILES string of the molecule is C[C@@H](O)CNCc1csc2ccccc12. The second-order valence-electron chi connectivity index (χ2n) is 3.74. The van der Waals surface area contributed by atoms with Crippen LogP contribution in [0.2, 0.25) is 0 Å². The summed E-state index contributed by atoms with van der Waals surface area (Å²) in [7, 11) is 0. The molecule has 80 valence electrons. The second-order valence-corrected chi connectivity index (χ2v) is 4.65. The zero-order valence-electron chi connectivity index (χ0n) is 8.73. The summed E-state index contributed by atoms with van der Waals surface area (Å²) < 4.78 is 1.33. The lowest BCUT2D eigenvalue weighted by Crippen LogP contribution is -2.23. The summed E-state index contributed by atoms with van der Waals surface area (Å²) in [4.78, 5) is 0. The third-order valence-corrected chi connectivity index (χ3v) is 3.33. The first kappa shape index (κ1) is 10.6. The van der Waals surface area contributed by atoms with Gasteiger partial charge in [0.25, 0.3) is 0 Å². The van der Waals surface area contributed by atoms with E-state index in [0.29, 0.717) is 6.54 Å². The first-order valence-corrected chi connectivity index (χ1v) is 5.99. The van der Waals surface area contributed by atoms with Crippen LogP contribution in [-0.2, 0) is 6.54 Å². The molecule has 0 fully saturated rings. The predicted molar refractivity (Wildman–Crippen MR) is 65.2 cm³/mol. The molecule has 2 aromatic rings. The van der Waals surface area contributed by atoms with Gasteiger partial charge in [-0.1, -0.05) is 18.2 Å². The maximum absolute atomic E-state index is 9.13. The fourth-order valence-electron chi connectivity index (χ4n) is 1.59. The van der Waals surface area contributed by atoms with E-state index in [1.54, 1.807) is 18.3 Å². The van der Waals surface area contributed by atoms with Gasteiger partial charge >= 0.3 is 0 Å². The van der Waals surface area contributed by atoms with Crippen LogP contribution in [0.15, 0.2) is 29.6 Å². The van der Waals surface area contributed by atoms with Crippen LogP contribution in [0.25, 0.3) is 10.1 Å². The van der Waals surface area contributed by atoms with E-state index in [2.05, 4.69) is 35.0 Å². The molecule has 2 N–H and O–H groups in total. The van der Waals surface area contributed by atoms with Crippen molar-refractivity contribution in [3.05, 3.63) is 35.2 Å². The molecule has 1 heterocycles. The molecule has 1 atom stereocenters. The van der Waals surface area contributed by atoms with Gasteiger partial charge < -0.3 is 10.4 Å². The molecule has 3 heteroatoms. The van der Waals surface area contributed by atoms with E-state index in [-0.39, 0.29) is 6.10 Å². The number of benzene rings is 1. The first-order valence-electron chi connectivity index (χ1n) is 5.11. The van der Waals surface area contributed by atoms with Crippen molar-refractivity contribution in [1.29, 1.82) is 0 Å². The summed E-state index contributed by atoms with van der Waals surface area (Å²) in [5.74, 6) is 0. The maximum atomic E-state index is 9.13. The summed E-state index contributed by atoms with van der Waals surface area (Å²) >= 11 is 1.77. The molecule has 1 aromatic heterocycles. The van der Waals surface area contributed by atoms with Crippen LogP contribution in [0.1, 0.15) is 12.5 Å². The summed E-state index contributed by atoms with van der Waals surface area (Å²) in [5, 5.41) is 15.9. The van der Waals surface area contributed by atoms with Gasteiger partial charge in [-0.3, -0.25) is 0 Å². The van der Waals surface area contributed by atoms with E-state index in [1.807, 2.05) is 0 Å². The minimum Gasteiger partial charge on any atom is -0.392 e. The lowest BCUT2D eigenvalue weighted by atomic mass is 10.2. The molecule has 0 saturated heterocycles. The number of nitrogens with one attached hydrogen (secondary N) is 1. The quantitative estimate of drug-likeness (QED) is 0.830. The Kier molecular flexibility index (Phi) is 3.36. The summed E-state index contributed by atoms with van der Waals surface area (Å²) in [6.07, 6.45) is -0.283. The van der Waals surface area contributed by atoms with E-state index < -0.39 is 0 Å². The van der Waals surface area contributed by atoms with Gasteiger partial charge in [0.2, 0.25) is 0 Å². The fourth-order valence-corrected chi connectivity index (χ4v) is 2.55. The molecule has 0 unspecified atom stereocenters. The van der Waals surface area contributed by atoms with Crippen molar-refractivity contribution in [2.24, 2.45) is 0 Å². The lowest BCUT2D eigenvalue weighted by molar-refractivity contribution is 0.191. The van der Waals surface area contributed by atoms with E-state index in [0.717, 1.165) is 6.54 Å². The van der Waals surface area contributed by atoms with Crippen LogP contribution < -0.4 is 5.32 Å². The molecular weight excluding hydrogens is 206 g/mol. The van der Waals surface area contributed by atoms with E-state index in [9.17, 15) is 0 Å². The highest BCUT2D eigenvalue weighted by Crippen LogP contribution is 2.25. The van der Waals surface area contributed by atoms with Crippen LogP contribution in [0.4, 0.5) is 0 Å². The number of hydrogen-bond acceptors (Lipinski definition) is 3. The zero-order chi connectivity index (χ0) is 10.7. The molecule has 0 spiro atoms. The van der Waals surface area contributed by atoms with Crippen LogP contribution in [0.5, 0.6) is 0 Å². The Balaban J connectivity index is 2.08. The smallest absolute Gasteiger partial charge is 0.0636 e. The van der Waals surface area contributed by atoms with Crippen molar-refractivity contribution in [2.75, 3.05) is 6.54 Å². The normalized spacial score (nSPS) is 13.2. The summed E-state index contributed by atoms with van der Waals surface area (Å²) in [6.45, 7) is 3.26. The average molecular weight is 221 g/mol. The summed E-state index contributed by atoms with van der Waals surface area (Å²) in [6, 6.07) is 8.41. The minimum absolute atomic E-state index is 0.283. The number of fused-ring (bicyclic) bond motifs is 1. The molecule has 2 rings (SSSR count). The maximum Gasteiger partial charge on any atom is 0.0636 e. The summed E-state index contributed by atoms with van der Waals surface area (Å²) in [5.41, 5.74) is 1.32. The topological polar surface area (TPSA) is 32.3 Å². The molecule has 0 saturated carbocycles. The van der Waals surface area contributed by atoms with Crippen molar-refractivity contribution in [3.8, 4) is 0 Å². The predicted octanol–water partition coefficient (Wildman–Crippen LogP) is 2.37. The Morgan fingerprint density at radius 3 is 3.00 bits per heavy atom. The third-order valence-electron chi connectivity index (χ3n) is 2.32. The number of aliphatic hydroxyl groups is 1. The Bertz CT molecular complexity index is 436. The molecule has 0 amide bonds. The molecule has 0 aliphatic heterocycles. The number of hydrogen-bond donors (Lipinski definition) is 2. The number of thiophene rings is 1. The van der Waals surface area contributed by atoms with Crippen LogP contribution in [0.3, 0.4) is 0 Å².